The lowest BCUT2D eigenvalue weighted by atomic mass is 9.45. The second-order valence-electron chi connectivity index (χ2n) is 7.34. The number of unbranched alkanes of at least 4 members (excludes halogenated alkanes) is 1. The summed E-state index contributed by atoms with van der Waals surface area (Å²) in [7, 11) is 0. The Kier molecular flexibility index (Phi) is 5.48. The molecule has 0 aromatic carbocycles. The fourth-order valence-electron chi connectivity index (χ4n) is 4.20. The van der Waals surface area contributed by atoms with Gasteiger partial charge in [-0.2, -0.15) is 0 Å². The largest absolute Gasteiger partial charge is 0.466 e. The summed E-state index contributed by atoms with van der Waals surface area (Å²) in [5, 5.41) is 0. The molecule has 3 fully saturated rings. The minimum atomic E-state index is -0.0810. The van der Waals surface area contributed by atoms with E-state index in [0.717, 1.165) is 31.1 Å². The van der Waals surface area contributed by atoms with Crippen molar-refractivity contribution in [3.63, 3.8) is 0 Å². The van der Waals surface area contributed by atoms with Gasteiger partial charge in [-0.25, -0.2) is 0 Å². The summed E-state index contributed by atoms with van der Waals surface area (Å²) in [5.41, 5.74) is 6.93. The first-order valence-corrected chi connectivity index (χ1v) is 8.53. The highest BCUT2D eigenvalue weighted by Gasteiger charge is 2.56. The Bertz CT molecular complexity index is 389. The van der Waals surface area contributed by atoms with Crippen molar-refractivity contribution in [2.45, 2.75) is 65.3 Å². The second-order valence-corrected chi connectivity index (χ2v) is 7.34. The number of fused-ring (bicyclic) bond motifs is 2. The third kappa shape index (κ3) is 3.68. The first kappa shape index (κ1) is 16.5. The van der Waals surface area contributed by atoms with Gasteiger partial charge < -0.3 is 10.5 Å². The summed E-state index contributed by atoms with van der Waals surface area (Å²) in [6.45, 7) is 7.09. The molecule has 3 nitrogen and oxygen atoms in total. The van der Waals surface area contributed by atoms with E-state index in [-0.39, 0.29) is 5.97 Å². The Morgan fingerprint density at radius 3 is 2.71 bits per heavy atom. The smallest absolute Gasteiger partial charge is 0.305 e. The molecule has 2 bridgehead atoms. The van der Waals surface area contributed by atoms with Crippen LogP contribution in [-0.2, 0) is 9.53 Å². The molecular formula is C18H31NO2. The average Bonchev–Trinajstić information content (AvgIpc) is 2.43. The normalized spacial score (nSPS) is 33.7. The van der Waals surface area contributed by atoms with Crippen molar-refractivity contribution in [3.8, 4) is 0 Å². The van der Waals surface area contributed by atoms with E-state index in [1.54, 1.807) is 0 Å². The molecule has 2 N–H and O–H groups in total. The number of carbonyl (C=O) groups is 1. The molecule has 120 valence electrons. The zero-order valence-corrected chi connectivity index (χ0v) is 13.8. The molecular weight excluding hydrogens is 262 g/mol. The van der Waals surface area contributed by atoms with Gasteiger partial charge in [0, 0.05) is 12.5 Å². The van der Waals surface area contributed by atoms with E-state index in [9.17, 15) is 4.79 Å². The number of hydrogen-bond acceptors (Lipinski definition) is 3. The van der Waals surface area contributed by atoms with Gasteiger partial charge >= 0.3 is 5.97 Å². The van der Waals surface area contributed by atoms with Gasteiger partial charge in [-0.3, -0.25) is 4.79 Å². The summed E-state index contributed by atoms with van der Waals surface area (Å²) < 4.78 is 4.91. The molecule has 0 spiro atoms. The predicted octanol–water partition coefficient (Wildman–Crippen LogP) is 3.68. The van der Waals surface area contributed by atoms with E-state index < -0.39 is 0 Å². The number of nitrogens with two attached hydrogens (primary N) is 1. The Morgan fingerprint density at radius 1 is 1.33 bits per heavy atom. The molecule has 0 aromatic heterocycles. The van der Waals surface area contributed by atoms with Gasteiger partial charge in [0.15, 0.2) is 0 Å². The van der Waals surface area contributed by atoms with Crippen LogP contribution in [-0.4, -0.2) is 18.6 Å². The minimum absolute atomic E-state index is 0.0810. The summed E-state index contributed by atoms with van der Waals surface area (Å²) >= 11 is 0. The van der Waals surface area contributed by atoms with E-state index >= 15 is 0 Å². The van der Waals surface area contributed by atoms with Crippen molar-refractivity contribution < 1.29 is 9.53 Å². The lowest BCUT2D eigenvalue weighted by Gasteiger charge is -2.61. The van der Waals surface area contributed by atoms with Crippen LogP contribution < -0.4 is 5.73 Å². The van der Waals surface area contributed by atoms with Crippen molar-refractivity contribution in [2.75, 3.05) is 6.61 Å². The van der Waals surface area contributed by atoms with Gasteiger partial charge in [-0.15, -0.1) is 0 Å². The Morgan fingerprint density at radius 2 is 2.10 bits per heavy atom. The number of ether oxygens (including phenoxy) is 1. The van der Waals surface area contributed by atoms with Gasteiger partial charge in [0.05, 0.1) is 6.61 Å². The Hall–Kier alpha value is -0.830. The molecule has 0 unspecified atom stereocenters. The van der Waals surface area contributed by atoms with E-state index in [0.29, 0.717) is 30.4 Å². The van der Waals surface area contributed by atoms with Gasteiger partial charge in [-0.1, -0.05) is 26.0 Å². The number of allylic oxidation sites excluding steroid dienone is 2. The predicted molar refractivity (Wildman–Crippen MR) is 85.7 cm³/mol. The van der Waals surface area contributed by atoms with Crippen LogP contribution in [0.5, 0.6) is 0 Å². The van der Waals surface area contributed by atoms with Crippen LogP contribution in [0.1, 0.15) is 59.3 Å². The van der Waals surface area contributed by atoms with Crippen LogP contribution in [0.2, 0.25) is 0 Å². The Balaban J connectivity index is 1.63. The van der Waals surface area contributed by atoms with Crippen molar-refractivity contribution in [2.24, 2.45) is 28.9 Å². The lowest BCUT2D eigenvalue weighted by Crippen LogP contribution is -2.61. The molecule has 3 heteroatoms. The fraction of sp³-hybridized carbons (Fsp3) is 0.833. The topological polar surface area (TPSA) is 52.3 Å². The maximum atomic E-state index is 11.2. The molecule has 3 aliphatic carbocycles. The van der Waals surface area contributed by atoms with E-state index in [2.05, 4.69) is 26.0 Å². The molecule has 0 amide bonds. The molecule has 21 heavy (non-hydrogen) atoms. The van der Waals surface area contributed by atoms with Crippen molar-refractivity contribution in [3.05, 3.63) is 12.2 Å². The number of rotatable bonds is 7. The van der Waals surface area contributed by atoms with E-state index in [4.69, 9.17) is 10.5 Å². The summed E-state index contributed by atoms with van der Waals surface area (Å²) in [6, 6.07) is 0.370. The minimum Gasteiger partial charge on any atom is -0.466 e. The molecule has 0 aromatic rings. The van der Waals surface area contributed by atoms with Crippen molar-refractivity contribution in [1.29, 1.82) is 0 Å². The van der Waals surface area contributed by atoms with Gasteiger partial charge in [0.1, 0.15) is 0 Å². The van der Waals surface area contributed by atoms with Gasteiger partial charge in [-0.05, 0) is 62.2 Å². The average molecular weight is 293 g/mol. The molecule has 0 aliphatic heterocycles. The number of esters is 1. The van der Waals surface area contributed by atoms with E-state index in [1.165, 1.54) is 12.8 Å². The fourth-order valence-corrected chi connectivity index (χ4v) is 4.20. The highest BCUT2D eigenvalue weighted by atomic mass is 16.5. The maximum Gasteiger partial charge on any atom is 0.305 e. The first-order chi connectivity index (χ1) is 9.96. The highest BCUT2D eigenvalue weighted by molar-refractivity contribution is 5.69. The van der Waals surface area contributed by atoms with Crippen molar-refractivity contribution in [1.82, 2.24) is 0 Å². The zero-order chi connectivity index (χ0) is 15.5. The van der Waals surface area contributed by atoms with Crippen molar-refractivity contribution >= 4 is 5.97 Å². The van der Waals surface area contributed by atoms with Crippen LogP contribution in [0, 0.1) is 23.2 Å². The number of carbonyl (C=O) groups excluding carboxylic acids is 1. The highest BCUT2D eigenvalue weighted by Crippen LogP contribution is 2.60. The molecule has 0 radical (unpaired) electrons. The third-order valence-corrected chi connectivity index (χ3v) is 5.81. The molecule has 0 saturated heterocycles. The van der Waals surface area contributed by atoms with E-state index in [1.807, 2.05) is 6.92 Å². The molecule has 3 rings (SSSR count). The van der Waals surface area contributed by atoms with Crippen LogP contribution in [0.4, 0.5) is 0 Å². The monoisotopic (exact) mass is 293 g/mol. The summed E-state index contributed by atoms with van der Waals surface area (Å²) in [6.07, 6.45) is 10.6. The maximum absolute atomic E-state index is 11.2. The quantitative estimate of drug-likeness (QED) is 0.442. The van der Waals surface area contributed by atoms with Crippen LogP contribution in [0.15, 0.2) is 12.2 Å². The molecule has 0 heterocycles. The van der Waals surface area contributed by atoms with Crippen LogP contribution >= 0.6 is 0 Å². The lowest BCUT2D eigenvalue weighted by molar-refractivity contribution is -0.143. The SMILES string of the molecule is CCOC(=O)CCC/C=C\C[C@H]1C[C@H]2C[C@@H]([C@@H]1N)C2(C)C. The zero-order valence-electron chi connectivity index (χ0n) is 13.8. The third-order valence-electron chi connectivity index (χ3n) is 5.81. The number of hydrogen-bond donors (Lipinski definition) is 1. The first-order valence-electron chi connectivity index (χ1n) is 8.53. The summed E-state index contributed by atoms with van der Waals surface area (Å²) in [4.78, 5) is 11.2. The van der Waals surface area contributed by atoms with Gasteiger partial charge in [0.2, 0.25) is 0 Å². The van der Waals surface area contributed by atoms with Crippen LogP contribution in [0.3, 0.4) is 0 Å². The molecule has 4 atom stereocenters. The van der Waals surface area contributed by atoms with Crippen LogP contribution in [0.25, 0.3) is 0 Å². The Labute approximate surface area is 129 Å². The second kappa shape index (κ2) is 6.95. The van der Waals surface area contributed by atoms with Gasteiger partial charge in [0.25, 0.3) is 0 Å². The molecule has 3 aliphatic rings. The summed E-state index contributed by atoms with van der Waals surface area (Å²) in [5.74, 6) is 2.17. The standard InChI is InChI=1S/C18H31NO2/c1-4-21-16(20)10-8-6-5-7-9-13-11-14-12-15(17(13)19)18(14,2)3/h5,7,13-15,17H,4,6,8-12,19H2,1-3H3/b7-5-/t13-,14-,15-,17+/m0/s1. The molecule has 3 saturated carbocycles.